The van der Waals surface area contributed by atoms with Gasteiger partial charge in [0.15, 0.2) is 5.82 Å². The quantitative estimate of drug-likeness (QED) is 0.643. The average molecular weight is 385 g/mol. The van der Waals surface area contributed by atoms with Crippen molar-refractivity contribution in [1.82, 2.24) is 24.6 Å². The largest absolute Gasteiger partial charge is 0.388 e. The van der Waals surface area contributed by atoms with Crippen molar-refractivity contribution >= 4 is 11.0 Å². The number of hydrogen-bond acceptors (Lipinski definition) is 6. The molecule has 1 saturated heterocycles. The van der Waals surface area contributed by atoms with Gasteiger partial charge in [-0.25, -0.2) is 4.79 Å². The molecule has 1 aliphatic heterocycles. The minimum absolute atomic E-state index is 0.0699. The number of H-pyrrole nitrogens is 1. The second-order valence-electron chi connectivity index (χ2n) is 7.69. The van der Waals surface area contributed by atoms with Crippen LogP contribution in [0.15, 0.2) is 33.6 Å². The molecule has 8 nitrogen and oxygen atoms in total. The third-order valence-corrected chi connectivity index (χ3v) is 5.48. The molecule has 0 radical (unpaired) electrons. The molecule has 3 heterocycles. The van der Waals surface area contributed by atoms with Gasteiger partial charge in [-0.1, -0.05) is 24.2 Å². The normalized spacial score (nSPS) is 20.8. The Kier molecular flexibility index (Phi) is 5.32. The number of imidazole rings is 1. The van der Waals surface area contributed by atoms with Gasteiger partial charge in [-0.15, -0.1) is 0 Å². The van der Waals surface area contributed by atoms with Gasteiger partial charge in [0.1, 0.15) is 0 Å². The number of likely N-dealkylation sites (tertiary alicyclic amines) is 1. The fraction of sp³-hybridized carbons (Fsp3) is 0.550. The van der Waals surface area contributed by atoms with Crippen LogP contribution in [0.1, 0.15) is 37.9 Å². The van der Waals surface area contributed by atoms with Crippen LogP contribution in [0.5, 0.6) is 0 Å². The number of hydrogen-bond donors (Lipinski definition) is 2. The maximum atomic E-state index is 12.2. The number of aromatic nitrogens is 4. The van der Waals surface area contributed by atoms with Gasteiger partial charge < -0.3 is 19.5 Å². The van der Waals surface area contributed by atoms with Crippen molar-refractivity contribution in [2.45, 2.75) is 51.2 Å². The number of aromatic amines is 1. The lowest BCUT2D eigenvalue weighted by atomic mass is 9.89. The van der Waals surface area contributed by atoms with Crippen molar-refractivity contribution < 1.29 is 9.63 Å². The summed E-state index contributed by atoms with van der Waals surface area (Å²) in [6.07, 6.45) is 3.62. The Labute approximate surface area is 163 Å². The van der Waals surface area contributed by atoms with E-state index in [9.17, 15) is 9.90 Å². The molecule has 0 bridgehead atoms. The first-order chi connectivity index (χ1) is 13.6. The molecule has 150 valence electrons. The molecule has 1 unspecified atom stereocenters. The van der Waals surface area contributed by atoms with E-state index in [1.807, 2.05) is 31.2 Å². The van der Waals surface area contributed by atoms with Crippen LogP contribution in [-0.2, 0) is 19.4 Å². The highest BCUT2D eigenvalue weighted by atomic mass is 16.5. The number of rotatable bonds is 7. The smallest absolute Gasteiger partial charge is 0.326 e. The molecule has 1 fully saturated rings. The summed E-state index contributed by atoms with van der Waals surface area (Å²) in [6, 6.07) is 7.74. The van der Waals surface area contributed by atoms with Gasteiger partial charge in [-0.05, 0) is 44.5 Å². The minimum atomic E-state index is -0.840. The molecule has 1 atom stereocenters. The van der Waals surface area contributed by atoms with E-state index in [0.717, 1.165) is 49.8 Å². The predicted molar refractivity (Wildman–Crippen MR) is 105 cm³/mol. The lowest BCUT2D eigenvalue weighted by Gasteiger charge is -2.38. The van der Waals surface area contributed by atoms with E-state index >= 15 is 0 Å². The Hall–Kier alpha value is -2.45. The highest BCUT2D eigenvalue weighted by Gasteiger charge is 2.35. The van der Waals surface area contributed by atoms with E-state index in [1.165, 1.54) is 0 Å². The fourth-order valence-electron chi connectivity index (χ4n) is 4.11. The van der Waals surface area contributed by atoms with Crippen LogP contribution in [0.2, 0.25) is 0 Å². The molecule has 1 aromatic carbocycles. The Balaban J connectivity index is 1.34. The number of para-hydroxylation sites is 2. The van der Waals surface area contributed by atoms with Gasteiger partial charge >= 0.3 is 5.69 Å². The SMILES string of the molecule is CCc1noc(CC2(O)CCCN(CCCn3c(=O)[nH]c4ccccc43)C2)n1. The summed E-state index contributed by atoms with van der Waals surface area (Å²) in [6.45, 7) is 5.00. The molecular formula is C20H27N5O3. The molecule has 4 rings (SSSR count). The van der Waals surface area contributed by atoms with E-state index in [2.05, 4.69) is 20.0 Å². The van der Waals surface area contributed by atoms with Crippen LogP contribution in [0.25, 0.3) is 11.0 Å². The predicted octanol–water partition coefficient (Wildman–Crippen LogP) is 1.73. The Morgan fingerprint density at radius 3 is 3.00 bits per heavy atom. The van der Waals surface area contributed by atoms with Gasteiger partial charge in [0.05, 0.1) is 23.1 Å². The molecule has 0 saturated carbocycles. The van der Waals surface area contributed by atoms with Crippen molar-refractivity contribution in [3.8, 4) is 0 Å². The van der Waals surface area contributed by atoms with E-state index in [0.29, 0.717) is 31.2 Å². The Morgan fingerprint density at radius 1 is 1.32 bits per heavy atom. The summed E-state index contributed by atoms with van der Waals surface area (Å²) in [5.74, 6) is 1.18. The summed E-state index contributed by atoms with van der Waals surface area (Å²) in [5.41, 5.74) is 0.893. The highest BCUT2D eigenvalue weighted by molar-refractivity contribution is 5.74. The zero-order chi connectivity index (χ0) is 19.6. The molecule has 0 spiro atoms. The van der Waals surface area contributed by atoms with E-state index in [1.54, 1.807) is 4.57 Å². The van der Waals surface area contributed by atoms with Crippen molar-refractivity contribution in [2.75, 3.05) is 19.6 Å². The Morgan fingerprint density at radius 2 is 2.18 bits per heavy atom. The topological polar surface area (TPSA) is 100 Å². The number of piperidine rings is 1. The summed E-state index contributed by atoms with van der Waals surface area (Å²) in [4.78, 5) is 21.7. The molecule has 1 aliphatic rings. The summed E-state index contributed by atoms with van der Waals surface area (Å²) in [5, 5.41) is 14.9. The fourth-order valence-corrected chi connectivity index (χ4v) is 4.11. The maximum Gasteiger partial charge on any atom is 0.326 e. The number of benzene rings is 1. The standard InChI is InChI=1S/C20H27N5O3/c1-2-17-22-18(28-23-17)13-20(27)9-5-10-24(14-20)11-6-12-25-16-8-4-3-7-15(16)21-19(25)26/h3-4,7-8,27H,2,5-6,9-14H2,1H3,(H,21,26). The summed E-state index contributed by atoms with van der Waals surface area (Å²) >= 11 is 0. The first kappa shape index (κ1) is 18.9. The van der Waals surface area contributed by atoms with Gasteiger partial charge in [-0.3, -0.25) is 4.57 Å². The molecule has 3 aromatic rings. The zero-order valence-electron chi connectivity index (χ0n) is 16.2. The van der Waals surface area contributed by atoms with Crippen LogP contribution in [0.3, 0.4) is 0 Å². The second-order valence-corrected chi connectivity index (χ2v) is 7.69. The molecular weight excluding hydrogens is 358 g/mol. The van der Waals surface area contributed by atoms with Gasteiger partial charge in [0.25, 0.3) is 0 Å². The van der Waals surface area contributed by atoms with Crippen molar-refractivity contribution in [2.24, 2.45) is 0 Å². The lowest BCUT2D eigenvalue weighted by molar-refractivity contribution is -0.0353. The summed E-state index contributed by atoms with van der Waals surface area (Å²) < 4.78 is 7.05. The number of aliphatic hydroxyl groups is 1. The molecule has 0 amide bonds. The van der Waals surface area contributed by atoms with Gasteiger partial charge in [-0.2, -0.15) is 4.98 Å². The molecule has 8 heteroatoms. The minimum Gasteiger partial charge on any atom is -0.388 e. The molecule has 28 heavy (non-hydrogen) atoms. The van der Waals surface area contributed by atoms with E-state index in [-0.39, 0.29) is 5.69 Å². The van der Waals surface area contributed by atoms with Crippen molar-refractivity contribution in [3.63, 3.8) is 0 Å². The van der Waals surface area contributed by atoms with Crippen LogP contribution in [0.4, 0.5) is 0 Å². The molecule has 2 N–H and O–H groups in total. The number of nitrogens with zero attached hydrogens (tertiary/aromatic N) is 4. The second kappa shape index (κ2) is 7.89. The van der Waals surface area contributed by atoms with Crippen molar-refractivity contribution in [3.05, 3.63) is 46.5 Å². The maximum absolute atomic E-state index is 12.2. The Bertz CT molecular complexity index is 991. The first-order valence-electron chi connectivity index (χ1n) is 10.00. The number of fused-ring (bicyclic) bond motifs is 1. The van der Waals surface area contributed by atoms with E-state index in [4.69, 9.17) is 4.52 Å². The molecule has 2 aromatic heterocycles. The average Bonchev–Trinajstić information content (AvgIpc) is 3.25. The van der Waals surface area contributed by atoms with Crippen LogP contribution in [-0.4, -0.2) is 54.9 Å². The monoisotopic (exact) mass is 385 g/mol. The van der Waals surface area contributed by atoms with Gasteiger partial charge in [0, 0.05) is 19.5 Å². The third kappa shape index (κ3) is 4.02. The van der Waals surface area contributed by atoms with E-state index < -0.39 is 5.60 Å². The number of β-amino-alcohol motifs (C(OH)–C–C–N with tert-alkyl or cyclic N) is 1. The van der Waals surface area contributed by atoms with Crippen LogP contribution >= 0.6 is 0 Å². The van der Waals surface area contributed by atoms with Crippen molar-refractivity contribution in [1.29, 1.82) is 0 Å². The number of nitrogens with one attached hydrogen (secondary N) is 1. The van der Waals surface area contributed by atoms with Crippen LogP contribution in [0, 0.1) is 0 Å². The first-order valence-corrected chi connectivity index (χ1v) is 10.00. The van der Waals surface area contributed by atoms with Crippen LogP contribution < -0.4 is 5.69 Å². The lowest BCUT2D eigenvalue weighted by Crippen LogP contribution is -2.49. The molecule has 0 aliphatic carbocycles. The zero-order valence-corrected chi connectivity index (χ0v) is 16.2. The highest BCUT2D eigenvalue weighted by Crippen LogP contribution is 2.25. The third-order valence-electron chi connectivity index (χ3n) is 5.48. The number of aryl methyl sites for hydroxylation is 2. The summed E-state index contributed by atoms with van der Waals surface area (Å²) in [7, 11) is 0. The van der Waals surface area contributed by atoms with Gasteiger partial charge in [0.2, 0.25) is 5.89 Å².